The molecule has 1 fully saturated rings. The van der Waals surface area contributed by atoms with Crippen LogP contribution in [0.4, 0.5) is 15.8 Å². The van der Waals surface area contributed by atoms with Crippen molar-refractivity contribution in [1.29, 1.82) is 0 Å². The molecule has 28 heavy (non-hydrogen) atoms. The molecule has 0 saturated heterocycles. The Hall–Kier alpha value is -3.29. The van der Waals surface area contributed by atoms with Crippen molar-refractivity contribution >= 4 is 23.3 Å². The monoisotopic (exact) mass is 386 g/mol. The summed E-state index contributed by atoms with van der Waals surface area (Å²) in [5, 5.41) is 13.4. The van der Waals surface area contributed by atoms with Crippen molar-refractivity contribution in [3.05, 3.63) is 70.0 Å². The van der Waals surface area contributed by atoms with Gasteiger partial charge in [0.1, 0.15) is 11.5 Å². The SMILES string of the molecule is O=C(COC(=O)C1(c2ccccc2F)CCCC1)Nc1ccccc1[N+](=O)[O-]. The molecular weight excluding hydrogens is 367 g/mol. The summed E-state index contributed by atoms with van der Waals surface area (Å²) in [6, 6.07) is 11.7. The van der Waals surface area contributed by atoms with Crippen LogP contribution < -0.4 is 5.32 Å². The lowest BCUT2D eigenvalue weighted by molar-refractivity contribution is -0.383. The molecule has 3 rings (SSSR count). The standard InChI is InChI=1S/C20H19FN2O5/c21-15-8-2-1-7-14(15)20(11-5-6-12-20)19(25)28-13-18(24)22-16-9-3-4-10-17(16)23(26)27/h1-4,7-10H,5-6,11-13H2,(H,22,24). The van der Waals surface area contributed by atoms with E-state index in [1.54, 1.807) is 24.3 Å². The number of halogens is 1. The van der Waals surface area contributed by atoms with E-state index in [0.29, 0.717) is 12.8 Å². The molecule has 146 valence electrons. The maximum atomic E-state index is 14.3. The van der Waals surface area contributed by atoms with Gasteiger partial charge in [-0.2, -0.15) is 0 Å². The lowest BCUT2D eigenvalue weighted by Crippen LogP contribution is -2.37. The number of nitro groups is 1. The molecule has 0 aromatic heterocycles. The number of hydrogen-bond acceptors (Lipinski definition) is 5. The largest absolute Gasteiger partial charge is 0.455 e. The van der Waals surface area contributed by atoms with E-state index in [1.165, 1.54) is 24.3 Å². The average molecular weight is 386 g/mol. The van der Waals surface area contributed by atoms with Gasteiger partial charge in [0, 0.05) is 11.6 Å². The summed E-state index contributed by atoms with van der Waals surface area (Å²) >= 11 is 0. The molecule has 1 aliphatic carbocycles. The smallest absolute Gasteiger partial charge is 0.317 e. The quantitative estimate of drug-likeness (QED) is 0.463. The summed E-state index contributed by atoms with van der Waals surface area (Å²) in [7, 11) is 0. The molecule has 1 N–H and O–H groups in total. The first-order valence-electron chi connectivity index (χ1n) is 8.89. The number of rotatable bonds is 6. The van der Waals surface area contributed by atoms with Crippen LogP contribution in [0.1, 0.15) is 31.2 Å². The van der Waals surface area contributed by atoms with Gasteiger partial charge in [-0.05, 0) is 25.0 Å². The van der Waals surface area contributed by atoms with Crippen LogP contribution in [0.15, 0.2) is 48.5 Å². The molecule has 7 nitrogen and oxygen atoms in total. The van der Waals surface area contributed by atoms with Crippen LogP contribution in [0.3, 0.4) is 0 Å². The van der Waals surface area contributed by atoms with E-state index in [4.69, 9.17) is 4.74 Å². The number of nitrogens with one attached hydrogen (secondary N) is 1. The molecule has 1 aliphatic rings. The minimum Gasteiger partial charge on any atom is -0.455 e. The van der Waals surface area contributed by atoms with E-state index in [2.05, 4.69) is 5.32 Å². The van der Waals surface area contributed by atoms with Gasteiger partial charge in [-0.3, -0.25) is 19.7 Å². The number of carbonyl (C=O) groups excluding carboxylic acids is 2. The Morgan fingerprint density at radius 1 is 1.11 bits per heavy atom. The van der Waals surface area contributed by atoms with E-state index in [9.17, 15) is 24.1 Å². The lowest BCUT2D eigenvalue weighted by Gasteiger charge is -2.27. The first-order chi connectivity index (χ1) is 13.4. The van der Waals surface area contributed by atoms with Crippen LogP contribution >= 0.6 is 0 Å². The zero-order valence-electron chi connectivity index (χ0n) is 15.0. The summed E-state index contributed by atoms with van der Waals surface area (Å²) in [6.07, 6.45) is 2.40. The van der Waals surface area contributed by atoms with E-state index < -0.39 is 34.6 Å². The predicted molar refractivity (Wildman–Crippen MR) is 99.2 cm³/mol. The highest BCUT2D eigenvalue weighted by Gasteiger charge is 2.46. The summed E-state index contributed by atoms with van der Waals surface area (Å²) in [5.74, 6) is -1.84. The third-order valence-corrected chi connectivity index (χ3v) is 4.95. The molecule has 8 heteroatoms. The van der Waals surface area contributed by atoms with Crippen molar-refractivity contribution in [2.75, 3.05) is 11.9 Å². The van der Waals surface area contributed by atoms with E-state index >= 15 is 0 Å². The van der Waals surface area contributed by atoms with Gasteiger partial charge in [-0.15, -0.1) is 0 Å². The van der Waals surface area contributed by atoms with Gasteiger partial charge in [0.2, 0.25) is 0 Å². The third-order valence-electron chi connectivity index (χ3n) is 4.95. The van der Waals surface area contributed by atoms with Crippen molar-refractivity contribution in [3.63, 3.8) is 0 Å². The molecule has 0 unspecified atom stereocenters. The summed E-state index contributed by atoms with van der Waals surface area (Å²) in [5.41, 5.74) is -1.08. The fraction of sp³-hybridized carbons (Fsp3) is 0.300. The van der Waals surface area contributed by atoms with E-state index in [0.717, 1.165) is 12.8 Å². The minimum atomic E-state index is -1.11. The average Bonchev–Trinajstić information content (AvgIpc) is 3.17. The summed E-state index contributed by atoms with van der Waals surface area (Å²) < 4.78 is 19.5. The van der Waals surface area contributed by atoms with Gasteiger partial charge in [-0.1, -0.05) is 43.2 Å². The fourth-order valence-electron chi connectivity index (χ4n) is 3.61. The van der Waals surface area contributed by atoms with Crippen molar-refractivity contribution in [2.24, 2.45) is 0 Å². The molecule has 0 atom stereocenters. The summed E-state index contributed by atoms with van der Waals surface area (Å²) in [6.45, 7) is -0.610. The number of esters is 1. The number of ether oxygens (including phenoxy) is 1. The molecule has 0 spiro atoms. The van der Waals surface area contributed by atoms with Gasteiger partial charge in [0.15, 0.2) is 6.61 Å². The molecule has 2 aromatic carbocycles. The number of para-hydroxylation sites is 2. The van der Waals surface area contributed by atoms with Crippen LogP contribution in [0.5, 0.6) is 0 Å². The number of hydrogen-bond donors (Lipinski definition) is 1. The third kappa shape index (κ3) is 3.85. The first-order valence-corrected chi connectivity index (χ1v) is 8.89. The fourth-order valence-corrected chi connectivity index (χ4v) is 3.61. The Kier molecular flexibility index (Phi) is 5.67. The number of carbonyl (C=O) groups is 2. The first kappa shape index (κ1) is 19.5. The number of amides is 1. The van der Waals surface area contributed by atoms with Crippen molar-refractivity contribution < 1.29 is 23.6 Å². The highest BCUT2D eigenvalue weighted by molar-refractivity contribution is 5.95. The number of benzene rings is 2. The number of nitrogens with zero attached hydrogens (tertiary/aromatic N) is 1. The van der Waals surface area contributed by atoms with Crippen molar-refractivity contribution in [1.82, 2.24) is 0 Å². The van der Waals surface area contributed by atoms with E-state index in [-0.39, 0.29) is 16.9 Å². The second-order valence-electron chi connectivity index (χ2n) is 6.67. The highest BCUT2D eigenvalue weighted by Crippen LogP contribution is 2.43. The van der Waals surface area contributed by atoms with Crippen molar-refractivity contribution in [2.45, 2.75) is 31.1 Å². The number of nitro benzene ring substituents is 1. The normalized spacial score (nSPS) is 15.0. The molecule has 0 radical (unpaired) electrons. The Labute approximate surface area is 160 Å². The Morgan fingerprint density at radius 2 is 1.75 bits per heavy atom. The second kappa shape index (κ2) is 8.16. The molecule has 0 bridgehead atoms. The zero-order valence-corrected chi connectivity index (χ0v) is 15.0. The Bertz CT molecular complexity index is 909. The van der Waals surface area contributed by atoms with Gasteiger partial charge < -0.3 is 10.1 Å². The van der Waals surface area contributed by atoms with Gasteiger partial charge in [0.25, 0.3) is 11.6 Å². The van der Waals surface area contributed by atoms with Crippen LogP contribution in [-0.4, -0.2) is 23.4 Å². The van der Waals surface area contributed by atoms with Crippen molar-refractivity contribution in [3.8, 4) is 0 Å². The molecular formula is C20H19FN2O5. The molecule has 1 saturated carbocycles. The second-order valence-corrected chi connectivity index (χ2v) is 6.67. The zero-order chi connectivity index (χ0) is 20.1. The maximum absolute atomic E-state index is 14.3. The Balaban J connectivity index is 1.70. The topological polar surface area (TPSA) is 98.5 Å². The van der Waals surface area contributed by atoms with Crippen LogP contribution in [-0.2, 0) is 19.7 Å². The molecule has 0 aliphatic heterocycles. The van der Waals surface area contributed by atoms with Gasteiger partial charge in [-0.25, -0.2) is 4.39 Å². The predicted octanol–water partition coefficient (Wildman–Crippen LogP) is 3.73. The molecule has 1 amide bonds. The highest BCUT2D eigenvalue weighted by atomic mass is 19.1. The van der Waals surface area contributed by atoms with Crippen LogP contribution in [0, 0.1) is 15.9 Å². The van der Waals surface area contributed by atoms with Gasteiger partial charge in [0.05, 0.1) is 10.3 Å². The number of anilines is 1. The lowest BCUT2D eigenvalue weighted by atomic mass is 9.78. The molecule has 2 aromatic rings. The maximum Gasteiger partial charge on any atom is 0.317 e. The van der Waals surface area contributed by atoms with Crippen LogP contribution in [0.25, 0.3) is 0 Å². The van der Waals surface area contributed by atoms with Crippen LogP contribution in [0.2, 0.25) is 0 Å². The van der Waals surface area contributed by atoms with Gasteiger partial charge >= 0.3 is 5.97 Å². The minimum absolute atomic E-state index is 0.0123. The van der Waals surface area contributed by atoms with E-state index in [1.807, 2.05) is 0 Å². The summed E-state index contributed by atoms with van der Waals surface area (Å²) in [4.78, 5) is 35.3. The molecule has 0 heterocycles. The Morgan fingerprint density at radius 3 is 2.43 bits per heavy atom.